The Balaban J connectivity index is 1.77. The molecule has 2 aliphatic heterocycles. The fourth-order valence-electron chi connectivity index (χ4n) is 4.27. The SMILES string of the molecule is Cc1ccc2c(c1)[C@@H]1CN(C)CC[C@@H]1N2C(=O)c1ccc([N+](=O)[O-])cc1Cl. The predicted octanol–water partition coefficient (Wildman–Crippen LogP) is 4.00. The van der Waals surface area contributed by atoms with Crippen molar-refractivity contribution < 1.29 is 9.72 Å². The van der Waals surface area contributed by atoms with Crippen LogP contribution in [0.25, 0.3) is 0 Å². The maximum atomic E-state index is 13.4. The summed E-state index contributed by atoms with van der Waals surface area (Å²) in [7, 11) is 2.10. The minimum Gasteiger partial charge on any atom is -0.306 e. The number of benzene rings is 2. The molecular formula is C20H20ClN3O3. The van der Waals surface area contributed by atoms with Crippen LogP contribution in [0.2, 0.25) is 5.02 Å². The van der Waals surface area contributed by atoms with Gasteiger partial charge >= 0.3 is 0 Å². The van der Waals surface area contributed by atoms with Gasteiger partial charge in [-0.25, -0.2) is 0 Å². The van der Waals surface area contributed by atoms with Crippen molar-refractivity contribution in [2.45, 2.75) is 25.3 Å². The van der Waals surface area contributed by atoms with Crippen molar-refractivity contribution >= 4 is 28.9 Å². The van der Waals surface area contributed by atoms with Gasteiger partial charge in [-0.05, 0) is 44.6 Å². The molecule has 2 aliphatic rings. The molecule has 0 bridgehead atoms. The Hall–Kier alpha value is -2.44. The Morgan fingerprint density at radius 3 is 2.74 bits per heavy atom. The number of likely N-dealkylation sites (tertiary alicyclic amines) is 1. The van der Waals surface area contributed by atoms with Crippen molar-refractivity contribution in [3.05, 3.63) is 68.2 Å². The molecule has 0 aliphatic carbocycles. The first-order chi connectivity index (χ1) is 12.9. The van der Waals surface area contributed by atoms with Crippen LogP contribution in [0.5, 0.6) is 0 Å². The molecule has 0 N–H and O–H groups in total. The summed E-state index contributed by atoms with van der Waals surface area (Å²) < 4.78 is 0. The summed E-state index contributed by atoms with van der Waals surface area (Å²) in [6.07, 6.45) is 0.880. The summed E-state index contributed by atoms with van der Waals surface area (Å²) in [6, 6.07) is 10.3. The van der Waals surface area contributed by atoms with Crippen molar-refractivity contribution in [3.63, 3.8) is 0 Å². The molecule has 2 aromatic carbocycles. The maximum Gasteiger partial charge on any atom is 0.270 e. The van der Waals surface area contributed by atoms with Gasteiger partial charge in [0.1, 0.15) is 0 Å². The van der Waals surface area contributed by atoms with Crippen LogP contribution in [0.4, 0.5) is 11.4 Å². The molecule has 2 atom stereocenters. The van der Waals surface area contributed by atoms with E-state index in [-0.39, 0.29) is 28.6 Å². The van der Waals surface area contributed by atoms with Gasteiger partial charge in [-0.15, -0.1) is 0 Å². The topological polar surface area (TPSA) is 66.7 Å². The fourth-order valence-corrected chi connectivity index (χ4v) is 4.52. The largest absolute Gasteiger partial charge is 0.306 e. The molecule has 0 saturated carbocycles. The van der Waals surface area contributed by atoms with Crippen LogP contribution in [0.3, 0.4) is 0 Å². The van der Waals surface area contributed by atoms with E-state index >= 15 is 0 Å². The number of piperidine rings is 1. The third-order valence-electron chi connectivity index (χ3n) is 5.57. The highest BCUT2D eigenvalue weighted by atomic mass is 35.5. The average Bonchev–Trinajstić information content (AvgIpc) is 2.94. The number of likely N-dealkylation sites (N-methyl/N-ethyl adjacent to an activating group) is 1. The molecule has 0 unspecified atom stereocenters. The smallest absolute Gasteiger partial charge is 0.270 e. The van der Waals surface area contributed by atoms with Crippen LogP contribution in [-0.2, 0) is 0 Å². The van der Waals surface area contributed by atoms with Gasteiger partial charge < -0.3 is 9.80 Å². The van der Waals surface area contributed by atoms with Gasteiger partial charge in [-0.1, -0.05) is 29.3 Å². The molecule has 27 heavy (non-hydrogen) atoms. The number of halogens is 1. The lowest BCUT2D eigenvalue weighted by Gasteiger charge is -2.36. The molecular weight excluding hydrogens is 366 g/mol. The number of nitro benzene ring substituents is 1. The summed E-state index contributed by atoms with van der Waals surface area (Å²) in [5, 5.41) is 11.1. The van der Waals surface area contributed by atoms with E-state index in [1.54, 1.807) is 0 Å². The summed E-state index contributed by atoms with van der Waals surface area (Å²) in [5.74, 6) is 0.0662. The van der Waals surface area contributed by atoms with E-state index in [1.807, 2.05) is 17.0 Å². The van der Waals surface area contributed by atoms with Gasteiger partial charge in [0.15, 0.2) is 0 Å². The van der Waals surface area contributed by atoms with Crippen LogP contribution >= 0.6 is 11.6 Å². The van der Waals surface area contributed by atoms with E-state index < -0.39 is 4.92 Å². The first-order valence-corrected chi connectivity index (χ1v) is 9.31. The first kappa shape index (κ1) is 17.9. The van der Waals surface area contributed by atoms with E-state index in [1.165, 1.54) is 29.3 Å². The number of nitrogens with zero attached hydrogens (tertiary/aromatic N) is 3. The molecule has 7 heteroatoms. The van der Waals surface area contributed by atoms with Crippen molar-refractivity contribution in [3.8, 4) is 0 Å². The maximum absolute atomic E-state index is 13.4. The Kier molecular flexibility index (Phi) is 4.40. The second-order valence-corrected chi connectivity index (χ2v) is 7.79. The Bertz CT molecular complexity index is 946. The minimum atomic E-state index is -0.513. The van der Waals surface area contributed by atoms with Crippen molar-refractivity contribution in [1.29, 1.82) is 0 Å². The van der Waals surface area contributed by atoms with Crippen LogP contribution in [0.15, 0.2) is 36.4 Å². The lowest BCUT2D eigenvalue weighted by Crippen LogP contribution is -2.47. The number of amides is 1. The highest BCUT2D eigenvalue weighted by Crippen LogP contribution is 2.46. The lowest BCUT2D eigenvalue weighted by atomic mass is 9.88. The zero-order valence-corrected chi connectivity index (χ0v) is 15.9. The normalized spacial score (nSPS) is 21.7. The second-order valence-electron chi connectivity index (χ2n) is 7.38. The molecule has 0 radical (unpaired) electrons. The van der Waals surface area contributed by atoms with Gasteiger partial charge in [0.2, 0.25) is 0 Å². The molecule has 0 spiro atoms. The second kappa shape index (κ2) is 6.62. The third kappa shape index (κ3) is 2.99. The molecule has 1 fully saturated rings. The van der Waals surface area contributed by atoms with Crippen molar-refractivity contribution in [2.24, 2.45) is 0 Å². The fraction of sp³-hybridized carbons (Fsp3) is 0.350. The number of carbonyl (C=O) groups excluding carboxylic acids is 1. The van der Waals surface area contributed by atoms with E-state index in [0.29, 0.717) is 5.56 Å². The third-order valence-corrected chi connectivity index (χ3v) is 5.88. The Morgan fingerprint density at radius 2 is 2.04 bits per heavy atom. The molecule has 1 amide bonds. The summed E-state index contributed by atoms with van der Waals surface area (Å²) in [6.45, 7) is 3.88. The average molecular weight is 386 g/mol. The molecule has 0 aromatic heterocycles. The van der Waals surface area contributed by atoms with E-state index in [9.17, 15) is 14.9 Å². The first-order valence-electron chi connectivity index (χ1n) is 8.93. The molecule has 2 heterocycles. The zero-order valence-electron chi connectivity index (χ0n) is 15.2. The zero-order chi connectivity index (χ0) is 19.3. The van der Waals surface area contributed by atoms with Gasteiger partial charge in [-0.2, -0.15) is 0 Å². The highest BCUT2D eigenvalue weighted by molar-refractivity contribution is 6.34. The number of hydrogen-bond acceptors (Lipinski definition) is 4. The highest BCUT2D eigenvalue weighted by Gasteiger charge is 2.44. The number of fused-ring (bicyclic) bond motifs is 3. The van der Waals surface area contributed by atoms with Crippen molar-refractivity contribution in [1.82, 2.24) is 4.90 Å². The number of anilines is 1. The molecule has 1 saturated heterocycles. The van der Waals surface area contributed by atoms with Crippen LogP contribution < -0.4 is 4.90 Å². The van der Waals surface area contributed by atoms with Crippen LogP contribution in [0.1, 0.15) is 33.8 Å². The molecule has 6 nitrogen and oxygen atoms in total. The number of aryl methyl sites for hydroxylation is 1. The monoisotopic (exact) mass is 385 g/mol. The molecule has 140 valence electrons. The van der Waals surface area contributed by atoms with Gasteiger partial charge in [0.25, 0.3) is 11.6 Å². The number of rotatable bonds is 2. The van der Waals surface area contributed by atoms with Crippen LogP contribution in [-0.4, -0.2) is 41.9 Å². The summed E-state index contributed by atoms with van der Waals surface area (Å²) in [5.41, 5.74) is 3.46. The van der Waals surface area contributed by atoms with E-state index in [2.05, 4.69) is 24.9 Å². The summed E-state index contributed by atoms with van der Waals surface area (Å²) >= 11 is 6.24. The Morgan fingerprint density at radius 1 is 1.26 bits per heavy atom. The van der Waals surface area contributed by atoms with Crippen molar-refractivity contribution in [2.75, 3.05) is 25.0 Å². The summed E-state index contributed by atoms with van der Waals surface area (Å²) in [4.78, 5) is 28.0. The van der Waals surface area contributed by atoms with Gasteiger partial charge in [0, 0.05) is 36.3 Å². The van der Waals surface area contributed by atoms with E-state index in [4.69, 9.17) is 11.6 Å². The van der Waals surface area contributed by atoms with Gasteiger partial charge in [-0.3, -0.25) is 14.9 Å². The standard InChI is InChI=1S/C20H20ClN3O3/c1-12-3-6-18-15(9-12)16-11-22(2)8-7-19(16)23(18)20(25)14-5-4-13(24(26)27)10-17(14)21/h3-6,9-10,16,19H,7-8,11H2,1-2H3/t16-,19-/m0/s1. The molecule has 2 aromatic rings. The number of nitro groups is 1. The Labute approximate surface area is 162 Å². The number of non-ortho nitro benzene ring substituents is 1. The molecule has 4 rings (SSSR count). The minimum absolute atomic E-state index is 0.0803. The number of carbonyl (C=O) groups is 1. The predicted molar refractivity (Wildman–Crippen MR) is 105 cm³/mol. The van der Waals surface area contributed by atoms with E-state index in [0.717, 1.165) is 25.2 Å². The quantitative estimate of drug-likeness (QED) is 0.578. The number of hydrogen-bond donors (Lipinski definition) is 0. The van der Waals surface area contributed by atoms with Gasteiger partial charge in [0.05, 0.1) is 15.5 Å². The van der Waals surface area contributed by atoms with Crippen LogP contribution in [0, 0.1) is 17.0 Å². The lowest BCUT2D eigenvalue weighted by molar-refractivity contribution is -0.384.